The van der Waals surface area contributed by atoms with E-state index in [0.717, 1.165) is 16.5 Å². The lowest BCUT2D eigenvalue weighted by atomic mass is 10.1. The van der Waals surface area contributed by atoms with Gasteiger partial charge in [-0.3, -0.25) is 4.21 Å². The Morgan fingerprint density at radius 1 is 1.28 bits per heavy atom. The van der Waals surface area contributed by atoms with Crippen LogP contribution in [0.2, 0.25) is 0 Å². The van der Waals surface area contributed by atoms with Crippen molar-refractivity contribution in [2.75, 3.05) is 25.1 Å². The summed E-state index contributed by atoms with van der Waals surface area (Å²) in [5.74, 6) is 0.484. The minimum atomic E-state index is -0.869. The lowest BCUT2D eigenvalue weighted by Crippen LogP contribution is -2.38. The van der Waals surface area contributed by atoms with Crippen molar-refractivity contribution in [3.63, 3.8) is 0 Å². The van der Waals surface area contributed by atoms with Gasteiger partial charge in [-0.2, -0.15) is 0 Å². The zero-order valence-corrected chi connectivity index (χ0v) is 12.6. The fourth-order valence-electron chi connectivity index (χ4n) is 1.38. The van der Waals surface area contributed by atoms with E-state index in [0.29, 0.717) is 18.8 Å². The first-order chi connectivity index (χ1) is 8.59. The highest BCUT2D eigenvalue weighted by molar-refractivity contribution is 9.10. The fourth-order valence-corrected chi connectivity index (χ4v) is 2.26. The Kier molecular flexibility index (Phi) is 6.97. The molecule has 0 fully saturated rings. The molecule has 6 heteroatoms. The lowest BCUT2D eigenvalue weighted by Gasteiger charge is -2.07. The van der Waals surface area contributed by atoms with Crippen molar-refractivity contribution in [1.82, 2.24) is 10.6 Å². The number of hydrogen-bond acceptors (Lipinski definition) is 2. The minimum absolute atomic E-state index is 0.215. The largest absolute Gasteiger partial charge is 0.338 e. The molecule has 4 nitrogen and oxygen atoms in total. The first-order valence-electron chi connectivity index (χ1n) is 5.64. The third-order valence-corrected chi connectivity index (χ3v) is 3.87. The Labute approximate surface area is 118 Å². The molecule has 0 aliphatic heterocycles. The van der Waals surface area contributed by atoms with E-state index in [-0.39, 0.29) is 6.03 Å². The third-order valence-electron chi connectivity index (χ3n) is 2.31. The quantitative estimate of drug-likeness (QED) is 0.832. The van der Waals surface area contributed by atoms with E-state index < -0.39 is 10.8 Å². The molecule has 2 amide bonds. The van der Waals surface area contributed by atoms with E-state index in [2.05, 4.69) is 26.6 Å². The summed E-state index contributed by atoms with van der Waals surface area (Å²) in [5.41, 5.74) is 1.16. The van der Waals surface area contributed by atoms with Crippen molar-refractivity contribution in [3.05, 3.63) is 34.3 Å². The fraction of sp³-hybridized carbons (Fsp3) is 0.417. The van der Waals surface area contributed by atoms with Gasteiger partial charge in [0.05, 0.1) is 0 Å². The van der Waals surface area contributed by atoms with Crippen LogP contribution in [0, 0.1) is 0 Å². The van der Waals surface area contributed by atoms with E-state index in [1.807, 2.05) is 24.3 Å². The van der Waals surface area contributed by atoms with Crippen LogP contribution in [0.15, 0.2) is 28.7 Å². The molecule has 0 aliphatic rings. The second-order valence-electron chi connectivity index (χ2n) is 3.80. The first kappa shape index (κ1) is 15.2. The molecule has 0 heterocycles. The molecule has 1 atom stereocenters. The zero-order chi connectivity index (χ0) is 13.4. The molecule has 1 aromatic carbocycles. The summed E-state index contributed by atoms with van der Waals surface area (Å²) >= 11 is 3.46. The number of carbonyl (C=O) groups excluding carboxylic acids is 1. The number of nitrogens with one attached hydrogen (secondary N) is 2. The summed E-state index contributed by atoms with van der Waals surface area (Å²) in [4.78, 5) is 11.4. The highest BCUT2D eigenvalue weighted by Crippen LogP contribution is 2.15. The van der Waals surface area contributed by atoms with Crippen molar-refractivity contribution in [2.45, 2.75) is 6.42 Å². The lowest BCUT2D eigenvalue weighted by molar-refractivity contribution is 0.241. The zero-order valence-electron chi connectivity index (χ0n) is 10.2. The molecular weight excluding hydrogens is 316 g/mol. The summed E-state index contributed by atoms with van der Waals surface area (Å²) in [6.45, 7) is 1.01. The Balaban J connectivity index is 2.20. The molecule has 1 rings (SSSR count). The molecule has 0 radical (unpaired) electrons. The van der Waals surface area contributed by atoms with Crippen LogP contribution in [-0.4, -0.2) is 35.3 Å². The van der Waals surface area contributed by atoms with Gasteiger partial charge in [-0.1, -0.05) is 34.1 Å². The van der Waals surface area contributed by atoms with Gasteiger partial charge in [0.2, 0.25) is 0 Å². The number of rotatable bonds is 6. The van der Waals surface area contributed by atoms with Crippen molar-refractivity contribution in [3.8, 4) is 0 Å². The second-order valence-corrected chi connectivity index (χ2v) is 6.21. The van der Waals surface area contributed by atoms with Crippen LogP contribution < -0.4 is 10.6 Å². The highest BCUT2D eigenvalue weighted by atomic mass is 79.9. The highest BCUT2D eigenvalue weighted by Gasteiger charge is 2.01. The molecule has 2 N–H and O–H groups in total. The van der Waals surface area contributed by atoms with E-state index in [1.165, 1.54) is 0 Å². The number of benzene rings is 1. The van der Waals surface area contributed by atoms with Gasteiger partial charge in [0.1, 0.15) is 0 Å². The maximum absolute atomic E-state index is 11.4. The van der Waals surface area contributed by atoms with Crippen molar-refractivity contribution in [2.24, 2.45) is 0 Å². The van der Waals surface area contributed by atoms with Crippen LogP contribution in [0.5, 0.6) is 0 Å². The molecule has 1 aromatic rings. The molecule has 0 saturated carbocycles. The first-order valence-corrected chi connectivity index (χ1v) is 8.16. The normalized spacial score (nSPS) is 11.9. The van der Waals surface area contributed by atoms with E-state index in [4.69, 9.17) is 0 Å². The van der Waals surface area contributed by atoms with Crippen LogP contribution in [0.1, 0.15) is 5.56 Å². The van der Waals surface area contributed by atoms with Gasteiger partial charge in [0.25, 0.3) is 0 Å². The molecule has 0 spiro atoms. The third kappa shape index (κ3) is 6.16. The second kappa shape index (κ2) is 8.26. The molecule has 18 heavy (non-hydrogen) atoms. The van der Waals surface area contributed by atoms with Gasteiger partial charge in [-0.05, 0) is 18.1 Å². The maximum Gasteiger partial charge on any atom is 0.314 e. The van der Waals surface area contributed by atoms with Gasteiger partial charge in [0, 0.05) is 40.4 Å². The molecule has 0 aliphatic carbocycles. The summed E-state index contributed by atoms with van der Waals surface area (Å²) in [6, 6.07) is 7.71. The van der Waals surface area contributed by atoms with Gasteiger partial charge < -0.3 is 10.6 Å². The van der Waals surface area contributed by atoms with Gasteiger partial charge in [-0.25, -0.2) is 4.79 Å². The monoisotopic (exact) mass is 332 g/mol. The average molecular weight is 333 g/mol. The Bertz CT molecular complexity index is 426. The molecule has 0 aromatic heterocycles. The number of halogens is 1. The van der Waals surface area contributed by atoms with Crippen molar-refractivity contribution in [1.29, 1.82) is 0 Å². The summed E-state index contributed by atoms with van der Waals surface area (Å²) in [5, 5.41) is 5.42. The molecular formula is C12H17BrN2O2S. The Morgan fingerprint density at radius 2 is 1.94 bits per heavy atom. The van der Waals surface area contributed by atoms with E-state index >= 15 is 0 Å². The molecule has 1 unspecified atom stereocenters. The standard InChI is InChI=1S/C12H17BrN2O2S/c1-18(17)9-8-15-12(16)14-7-6-10-4-2-3-5-11(10)13/h2-5H,6-9H2,1H3,(H2,14,15,16). The van der Waals surface area contributed by atoms with Crippen LogP contribution in [0.4, 0.5) is 4.79 Å². The predicted molar refractivity (Wildman–Crippen MR) is 78.2 cm³/mol. The van der Waals surface area contributed by atoms with E-state index in [9.17, 15) is 9.00 Å². The Morgan fingerprint density at radius 3 is 2.61 bits per heavy atom. The number of carbonyl (C=O) groups is 1. The van der Waals surface area contributed by atoms with Crippen LogP contribution in [0.25, 0.3) is 0 Å². The van der Waals surface area contributed by atoms with Crippen LogP contribution in [-0.2, 0) is 17.2 Å². The summed E-state index contributed by atoms with van der Waals surface area (Å²) in [6.07, 6.45) is 2.39. The number of hydrogen-bond donors (Lipinski definition) is 2. The molecule has 0 saturated heterocycles. The Hall–Kier alpha value is -0.880. The van der Waals surface area contributed by atoms with Crippen LogP contribution >= 0.6 is 15.9 Å². The van der Waals surface area contributed by atoms with Crippen LogP contribution in [0.3, 0.4) is 0 Å². The van der Waals surface area contributed by atoms with Gasteiger partial charge in [-0.15, -0.1) is 0 Å². The van der Waals surface area contributed by atoms with Gasteiger partial charge in [0.15, 0.2) is 0 Å². The number of amides is 2. The minimum Gasteiger partial charge on any atom is -0.338 e. The van der Waals surface area contributed by atoms with Gasteiger partial charge >= 0.3 is 6.03 Å². The summed E-state index contributed by atoms with van der Waals surface area (Å²) in [7, 11) is -0.869. The SMILES string of the molecule is CS(=O)CCNC(=O)NCCc1ccccc1Br. The van der Waals surface area contributed by atoms with Crippen molar-refractivity contribution < 1.29 is 9.00 Å². The smallest absolute Gasteiger partial charge is 0.314 e. The summed E-state index contributed by atoms with van der Waals surface area (Å²) < 4.78 is 11.8. The number of urea groups is 1. The average Bonchev–Trinajstić information content (AvgIpc) is 2.31. The predicted octanol–water partition coefficient (Wildman–Crippen LogP) is 1.67. The molecule has 100 valence electrons. The van der Waals surface area contributed by atoms with E-state index in [1.54, 1.807) is 6.26 Å². The maximum atomic E-state index is 11.4. The topological polar surface area (TPSA) is 58.2 Å². The van der Waals surface area contributed by atoms with Crippen molar-refractivity contribution >= 4 is 32.8 Å². The molecule has 0 bridgehead atoms.